The number of nitrogen functional groups attached to an aromatic ring is 1. The number of benzene rings is 1. The molecule has 1 saturated heterocycles. The summed E-state index contributed by atoms with van der Waals surface area (Å²) in [6, 6.07) is 5.77. The van der Waals surface area contributed by atoms with Crippen LogP contribution in [0, 0.1) is 0 Å². The molecule has 0 aliphatic carbocycles. The second kappa shape index (κ2) is 5.06. The number of nitrogens with zero attached hydrogens (tertiary/aromatic N) is 1. The number of aliphatic hydroxyl groups is 1. The van der Waals surface area contributed by atoms with Gasteiger partial charge < -0.3 is 20.5 Å². The summed E-state index contributed by atoms with van der Waals surface area (Å²) in [5.74, 6) is 0.779. The third-order valence-electron chi connectivity index (χ3n) is 3.58. The first-order chi connectivity index (χ1) is 8.50. The highest BCUT2D eigenvalue weighted by atomic mass is 16.5. The summed E-state index contributed by atoms with van der Waals surface area (Å²) in [7, 11) is 1.64. The fraction of sp³-hybridized carbons (Fsp3) is 0.571. The lowest BCUT2D eigenvalue weighted by atomic mass is 9.98. The Kier molecular flexibility index (Phi) is 3.66. The molecule has 1 unspecified atom stereocenters. The SMILES string of the molecule is COc1cc(N)cc(N2CCCC(C)(O)CC2)c1. The molecule has 1 heterocycles. The summed E-state index contributed by atoms with van der Waals surface area (Å²) in [6.45, 7) is 3.71. The van der Waals surface area contributed by atoms with Gasteiger partial charge in [-0.15, -0.1) is 0 Å². The summed E-state index contributed by atoms with van der Waals surface area (Å²) in [4.78, 5) is 2.26. The Labute approximate surface area is 108 Å². The smallest absolute Gasteiger partial charge is 0.122 e. The third kappa shape index (κ3) is 3.07. The molecular weight excluding hydrogens is 228 g/mol. The van der Waals surface area contributed by atoms with Crippen LogP contribution in [0.25, 0.3) is 0 Å². The minimum absolute atomic E-state index is 0.542. The van der Waals surface area contributed by atoms with Crippen LogP contribution in [-0.2, 0) is 0 Å². The lowest BCUT2D eigenvalue weighted by molar-refractivity contribution is 0.0481. The maximum Gasteiger partial charge on any atom is 0.122 e. The van der Waals surface area contributed by atoms with Gasteiger partial charge in [0.1, 0.15) is 5.75 Å². The van der Waals surface area contributed by atoms with Gasteiger partial charge >= 0.3 is 0 Å². The van der Waals surface area contributed by atoms with E-state index in [0.29, 0.717) is 5.69 Å². The van der Waals surface area contributed by atoms with E-state index >= 15 is 0 Å². The number of anilines is 2. The van der Waals surface area contributed by atoms with Crippen molar-refractivity contribution in [3.8, 4) is 5.75 Å². The fourth-order valence-electron chi connectivity index (χ4n) is 2.43. The number of nitrogens with two attached hydrogens (primary N) is 1. The lowest BCUT2D eigenvalue weighted by Crippen LogP contribution is -2.28. The van der Waals surface area contributed by atoms with Gasteiger partial charge in [-0.25, -0.2) is 0 Å². The third-order valence-corrected chi connectivity index (χ3v) is 3.58. The molecular formula is C14H22N2O2. The van der Waals surface area contributed by atoms with E-state index in [2.05, 4.69) is 4.90 Å². The van der Waals surface area contributed by atoms with Gasteiger partial charge in [0.2, 0.25) is 0 Å². The molecule has 1 aliphatic rings. The van der Waals surface area contributed by atoms with E-state index in [9.17, 15) is 5.11 Å². The second-order valence-corrected chi connectivity index (χ2v) is 5.30. The van der Waals surface area contributed by atoms with Crippen LogP contribution in [-0.4, -0.2) is 30.9 Å². The van der Waals surface area contributed by atoms with Crippen LogP contribution in [0.1, 0.15) is 26.2 Å². The number of ether oxygens (including phenoxy) is 1. The number of hydrogen-bond donors (Lipinski definition) is 2. The molecule has 18 heavy (non-hydrogen) atoms. The van der Waals surface area contributed by atoms with Crippen molar-refractivity contribution >= 4 is 11.4 Å². The Morgan fingerprint density at radius 3 is 2.78 bits per heavy atom. The van der Waals surface area contributed by atoms with Gasteiger partial charge in [-0.05, 0) is 32.3 Å². The summed E-state index contributed by atoms with van der Waals surface area (Å²) in [6.07, 6.45) is 2.62. The van der Waals surface area contributed by atoms with E-state index in [4.69, 9.17) is 10.5 Å². The van der Waals surface area contributed by atoms with Crippen LogP contribution >= 0.6 is 0 Å². The highest BCUT2D eigenvalue weighted by Gasteiger charge is 2.25. The van der Waals surface area contributed by atoms with Crippen LogP contribution in [0.3, 0.4) is 0 Å². The van der Waals surface area contributed by atoms with E-state index in [0.717, 1.165) is 43.8 Å². The highest BCUT2D eigenvalue weighted by Crippen LogP contribution is 2.29. The number of hydrogen-bond acceptors (Lipinski definition) is 4. The van der Waals surface area contributed by atoms with Crippen LogP contribution < -0.4 is 15.4 Å². The molecule has 0 aromatic heterocycles. The molecule has 1 atom stereocenters. The van der Waals surface area contributed by atoms with Crippen LogP contribution in [0.4, 0.5) is 11.4 Å². The number of methoxy groups -OCH3 is 1. The molecule has 4 heteroatoms. The zero-order valence-electron chi connectivity index (χ0n) is 11.1. The molecule has 0 saturated carbocycles. The first-order valence-corrected chi connectivity index (χ1v) is 6.42. The van der Waals surface area contributed by atoms with Gasteiger partial charge in [0.05, 0.1) is 12.7 Å². The fourth-order valence-corrected chi connectivity index (χ4v) is 2.43. The first kappa shape index (κ1) is 13.0. The average Bonchev–Trinajstić information content (AvgIpc) is 2.49. The Bertz CT molecular complexity index is 418. The van der Waals surface area contributed by atoms with E-state index < -0.39 is 5.60 Å². The zero-order valence-corrected chi connectivity index (χ0v) is 11.1. The van der Waals surface area contributed by atoms with Crippen molar-refractivity contribution in [3.05, 3.63) is 18.2 Å². The second-order valence-electron chi connectivity index (χ2n) is 5.30. The minimum Gasteiger partial charge on any atom is -0.497 e. The summed E-state index contributed by atoms with van der Waals surface area (Å²) in [5.41, 5.74) is 7.12. The molecule has 4 nitrogen and oxygen atoms in total. The average molecular weight is 250 g/mol. The van der Waals surface area contributed by atoms with E-state index in [1.165, 1.54) is 0 Å². The van der Waals surface area contributed by atoms with Crippen LogP contribution in [0.15, 0.2) is 18.2 Å². The largest absolute Gasteiger partial charge is 0.497 e. The van der Waals surface area contributed by atoms with Crippen molar-refractivity contribution in [2.75, 3.05) is 30.8 Å². The Balaban J connectivity index is 2.18. The maximum absolute atomic E-state index is 10.1. The monoisotopic (exact) mass is 250 g/mol. The van der Waals surface area contributed by atoms with Crippen molar-refractivity contribution in [3.63, 3.8) is 0 Å². The predicted molar refractivity (Wildman–Crippen MR) is 74.1 cm³/mol. The van der Waals surface area contributed by atoms with E-state index in [1.54, 1.807) is 7.11 Å². The van der Waals surface area contributed by atoms with Crippen molar-refractivity contribution < 1.29 is 9.84 Å². The Morgan fingerprint density at radius 2 is 2.06 bits per heavy atom. The van der Waals surface area contributed by atoms with Crippen LogP contribution in [0.5, 0.6) is 5.75 Å². The molecule has 0 amide bonds. The molecule has 1 aliphatic heterocycles. The number of rotatable bonds is 2. The van der Waals surface area contributed by atoms with Crippen molar-refractivity contribution in [1.29, 1.82) is 0 Å². The molecule has 3 N–H and O–H groups in total. The van der Waals surface area contributed by atoms with Gasteiger partial charge in [-0.1, -0.05) is 0 Å². The molecule has 100 valence electrons. The first-order valence-electron chi connectivity index (χ1n) is 6.42. The van der Waals surface area contributed by atoms with Crippen molar-refractivity contribution in [2.45, 2.75) is 31.8 Å². The Hall–Kier alpha value is -1.42. The van der Waals surface area contributed by atoms with Crippen molar-refractivity contribution in [2.24, 2.45) is 0 Å². The normalized spacial score (nSPS) is 24.7. The molecule has 1 fully saturated rings. The van der Waals surface area contributed by atoms with E-state index in [-0.39, 0.29) is 0 Å². The molecule has 0 bridgehead atoms. The lowest BCUT2D eigenvalue weighted by Gasteiger charge is -2.25. The predicted octanol–water partition coefficient (Wildman–Crippen LogP) is 2.02. The van der Waals surface area contributed by atoms with Gasteiger partial charge in [-0.3, -0.25) is 0 Å². The highest BCUT2D eigenvalue weighted by molar-refractivity contribution is 5.60. The minimum atomic E-state index is -0.542. The molecule has 0 radical (unpaired) electrons. The van der Waals surface area contributed by atoms with Crippen LogP contribution in [0.2, 0.25) is 0 Å². The summed E-state index contributed by atoms with van der Waals surface area (Å²) in [5, 5.41) is 10.1. The van der Waals surface area contributed by atoms with Crippen molar-refractivity contribution in [1.82, 2.24) is 0 Å². The standard InChI is InChI=1S/C14H22N2O2/c1-14(17)4-3-6-16(7-5-14)12-8-11(15)9-13(10-12)18-2/h8-10,17H,3-7,15H2,1-2H3. The van der Waals surface area contributed by atoms with Gasteiger partial charge in [0, 0.05) is 36.6 Å². The molecule has 1 aromatic rings. The molecule has 1 aromatic carbocycles. The Morgan fingerprint density at radius 1 is 1.28 bits per heavy atom. The van der Waals surface area contributed by atoms with Gasteiger partial charge in [-0.2, -0.15) is 0 Å². The topological polar surface area (TPSA) is 58.7 Å². The van der Waals surface area contributed by atoms with Gasteiger partial charge in [0.15, 0.2) is 0 Å². The van der Waals surface area contributed by atoms with Gasteiger partial charge in [0.25, 0.3) is 0 Å². The summed E-state index contributed by atoms with van der Waals surface area (Å²) >= 11 is 0. The molecule has 0 spiro atoms. The maximum atomic E-state index is 10.1. The summed E-state index contributed by atoms with van der Waals surface area (Å²) < 4.78 is 5.24. The molecule has 2 rings (SSSR count). The quantitative estimate of drug-likeness (QED) is 0.788. The zero-order chi connectivity index (χ0) is 13.2. The van der Waals surface area contributed by atoms with E-state index in [1.807, 2.05) is 25.1 Å².